The topological polar surface area (TPSA) is 24.9 Å². The zero-order chi connectivity index (χ0) is 17.1. The highest BCUT2D eigenvalue weighted by Gasteiger charge is 2.43. The van der Waals surface area contributed by atoms with Gasteiger partial charge < -0.3 is 9.47 Å². The standard InChI is InChI=1S/C20H29FN2O2/c21-18-3-1-17(2-4-18)13-22-9-12-25-16-20(14-22)7-8-23(15-20)19-5-10-24-11-6-19/h1-4,19H,5-16H2. The Kier molecular flexibility index (Phi) is 5.36. The van der Waals surface area contributed by atoms with Crippen LogP contribution in [0.3, 0.4) is 0 Å². The predicted molar refractivity (Wildman–Crippen MR) is 95.0 cm³/mol. The van der Waals surface area contributed by atoms with Crippen molar-refractivity contribution in [3.8, 4) is 0 Å². The summed E-state index contributed by atoms with van der Waals surface area (Å²) in [5.74, 6) is -0.165. The lowest BCUT2D eigenvalue weighted by molar-refractivity contribution is 0.0284. The maximum Gasteiger partial charge on any atom is 0.123 e. The molecule has 3 aliphatic rings. The summed E-state index contributed by atoms with van der Waals surface area (Å²) in [5.41, 5.74) is 1.42. The number of likely N-dealkylation sites (tertiary alicyclic amines) is 1. The number of ether oxygens (including phenoxy) is 2. The van der Waals surface area contributed by atoms with Crippen LogP contribution < -0.4 is 0 Å². The van der Waals surface area contributed by atoms with E-state index >= 15 is 0 Å². The SMILES string of the molecule is Fc1ccc(CN2CCOCC3(CCN(C4CCOCC4)C3)C2)cc1. The second-order valence-electron chi connectivity index (χ2n) is 7.95. The Balaban J connectivity index is 1.40. The molecular formula is C20H29FN2O2. The van der Waals surface area contributed by atoms with E-state index in [0.717, 1.165) is 65.4 Å². The summed E-state index contributed by atoms with van der Waals surface area (Å²) in [7, 11) is 0. The number of nitrogens with zero attached hydrogens (tertiary/aromatic N) is 2. The number of hydrogen-bond acceptors (Lipinski definition) is 4. The molecule has 3 fully saturated rings. The van der Waals surface area contributed by atoms with Gasteiger partial charge in [0.15, 0.2) is 0 Å². The fraction of sp³-hybridized carbons (Fsp3) is 0.700. The Morgan fingerprint density at radius 2 is 1.80 bits per heavy atom. The molecule has 0 bridgehead atoms. The first kappa shape index (κ1) is 17.4. The first-order valence-corrected chi connectivity index (χ1v) is 9.59. The largest absolute Gasteiger partial charge is 0.381 e. The van der Waals surface area contributed by atoms with E-state index in [1.165, 1.54) is 18.5 Å². The van der Waals surface area contributed by atoms with Crippen LogP contribution in [0.2, 0.25) is 0 Å². The molecule has 0 aliphatic carbocycles. The molecule has 1 aromatic carbocycles. The Morgan fingerprint density at radius 1 is 1.00 bits per heavy atom. The van der Waals surface area contributed by atoms with Crippen molar-refractivity contribution in [2.75, 3.05) is 52.6 Å². The molecule has 1 unspecified atom stereocenters. The minimum Gasteiger partial charge on any atom is -0.381 e. The number of hydrogen-bond donors (Lipinski definition) is 0. The van der Waals surface area contributed by atoms with Gasteiger partial charge in [0, 0.05) is 50.8 Å². The minimum absolute atomic E-state index is 0.165. The van der Waals surface area contributed by atoms with E-state index in [-0.39, 0.29) is 11.2 Å². The fourth-order valence-corrected chi connectivity index (χ4v) is 4.64. The van der Waals surface area contributed by atoms with Crippen molar-refractivity contribution in [2.24, 2.45) is 5.41 Å². The highest BCUT2D eigenvalue weighted by molar-refractivity contribution is 5.16. The lowest BCUT2D eigenvalue weighted by Gasteiger charge is -2.35. The first-order valence-electron chi connectivity index (χ1n) is 9.59. The van der Waals surface area contributed by atoms with Crippen molar-refractivity contribution in [3.05, 3.63) is 35.6 Å². The van der Waals surface area contributed by atoms with Crippen LogP contribution in [0.25, 0.3) is 0 Å². The average Bonchev–Trinajstić information content (AvgIpc) is 2.94. The summed E-state index contributed by atoms with van der Waals surface area (Å²) in [6, 6.07) is 7.60. The summed E-state index contributed by atoms with van der Waals surface area (Å²) >= 11 is 0. The molecule has 1 spiro atoms. The molecule has 0 saturated carbocycles. The molecule has 0 radical (unpaired) electrons. The Hall–Kier alpha value is -1.01. The van der Waals surface area contributed by atoms with Crippen molar-refractivity contribution in [1.29, 1.82) is 0 Å². The third-order valence-corrected chi connectivity index (χ3v) is 6.01. The third-order valence-electron chi connectivity index (χ3n) is 6.01. The second kappa shape index (κ2) is 7.70. The molecular weight excluding hydrogens is 319 g/mol. The Bertz CT molecular complexity index is 561. The van der Waals surface area contributed by atoms with Crippen molar-refractivity contribution >= 4 is 0 Å². The molecule has 3 aliphatic heterocycles. The van der Waals surface area contributed by atoms with E-state index < -0.39 is 0 Å². The minimum atomic E-state index is -0.165. The zero-order valence-electron chi connectivity index (χ0n) is 15.0. The van der Waals surface area contributed by atoms with Gasteiger partial charge in [-0.3, -0.25) is 9.80 Å². The van der Waals surface area contributed by atoms with Gasteiger partial charge in [0.2, 0.25) is 0 Å². The highest BCUT2D eigenvalue weighted by atomic mass is 19.1. The van der Waals surface area contributed by atoms with E-state index in [1.807, 2.05) is 12.1 Å². The normalized spacial score (nSPS) is 30.0. The maximum atomic E-state index is 13.1. The first-order chi connectivity index (χ1) is 12.2. The molecule has 138 valence electrons. The number of halogens is 1. The van der Waals surface area contributed by atoms with Gasteiger partial charge in [-0.2, -0.15) is 0 Å². The molecule has 0 amide bonds. The Morgan fingerprint density at radius 3 is 2.60 bits per heavy atom. The quantitative estimate of drug-likeness (QED) is 0.838. The zero-order valence-corrected chi connectivity index (χ0v) is 15.0. The molecule has 5 heteroatoms. The maximum absolute atomic E-state index is 13.1. The van der Waals surface area contributed by atoms with Crippen LogP contribution in [0.15, 0.2) is 24.3 Å². The van der Waals surface area contributed by atoms with E-state index in [1.54, 1.807) is 12.1 Å². The monoisotopic (exact) mass is 348 g/mol. The molecule has 4 rings (SSSR count). The average molecular weight is 348 g/mol. The fourth-order valence-electron chi connectivity index (χ4n) is 4.64. The lowest BCUT2D eigenvalue weighted by atomic mass is 9.87. The van der Waals surface area contributed by atoms with Crippen LogP contribution in [0.4, 0.5) is 4.39 Å². The van der Waals surface area contributed by atoms with Crippen LogP contribution in [-0.4, -0.2) is 68.4 Å². The summed E-state index contributed by atoms with van der Waals surface area (Å²) in [6.07, 6.45) is 3.54. The predicted octanol–water partition coefficient (Wildman–Crippen LogP) is 2.53. The van der Waals surface area contributed by atoms with Crippen LogP contribution in [0.1, 0.15) is 24.8 Å². The van der Waals surface area contributed by atoms with E-state index in [4.69, 9.17) is 9.47 Å². The third kappa shape index (κ3) is 4.22. The Labute approximate surface area is 149 Å². The molecule has 3 saturated heterocycles. The molecule has 4 nitrogen and oxygen atoms in total. The van der Waals surface area contributed by atoms with E-state index in [2.05, 4.69) is 9.80 Å². The van der Waals surface area contributed by atoms with Gasteiger partial charge in [0.1, 0.15) is 5.82 Å². The summed E-state index contributed by atoms with van der Waals surface area (Å²) < 4.78 is 24.7. The van der Waals surface area contributed by atoms with Gasteiger partial charge in [-0.1, -0.05) is 12.1 Å². The van der Waals surface area contributed by atoms with Gasteiger partial charge in [-0.15, -0.1) is 0 Å². The molecule has 3 heterocycles. The van der Waals surface area contributed by atoms with Crippen molar-refractivity contribution in [3.63, 3.8) is 0 Å². The van der Waals surface area contributed by atoms with Crippen LogP contribution in [-0.2, 0) is 16.0 Å². The smallest absolute Gasteiger partial charge is 0.123 e. The summed E-state index contributed by atoms with van der Waals surface area (Å²) in [6.45, 7) is 8.69. The van der Waals surface area contributed by atoms with E-state index in [0.29, 0.717) is 6.04 Å². The van der Waals surface area contributed by atoms with Crippen LogP contribution in [0, 0.1) is 11.2 Å². The van der Waals surface area contributed by atoms with Gasteiger partial charge in [-0.25, -0.2) is 4.39 Å². The molecule has 25 heavy (non-hydrogen) atoms. The van der Waals surface area contributed by atoms with Crippen molar-refractivity contribution in [2.45, 2.75) is 31.8 Å². The van der Waals surface area contributed by atoms with Gasteiger partial charge >= 0.3 is 0 Å². The van der Waals surface area contributed by atoms with Crippen LogP contribution >= 0.6 is 0 Å². The van der Waals surface area contributed by atoms with Gasteiger partial charge in [0.05, 0.1) is 13.2 Å². The summed E-state index contributed by atoms with van der Waals surface area (Å²) in [5, 5.41) is 0. The highest BCUT2D eigenvalue weighted by Crippen LogP contribution is 2.36. The van der Waals surface area contributed by atoms with Crippen molar-refractivity contribution < 1.29 is 13.9 Å². The lowest BCUT2D eigenvalue weighted by Crippen LogP contribution is -2.43. The van der Waals surface area contributed by atoms with Gasteiger partial charge in [-0.05, 0) is 43.5 Å². The molecule has 0 aromatic heterocycles. The van der Waals surface area contributed by atoms with Gasteiger partial charge in [0.25, 0.3) is 0 Å². The number of rotatable bonds is 3. The number of benzene rings is 1. The molecule has 1 atom stereocenters. The summed E-state index contributed by atoms with van der Waals surface area (Å²) in [4.78, 5) is 5.17. The van der Waals surface area contributed by atoms with E-state index in [9.17, 15) is 4.39 Å². The van der Waals surface area contributed by atoms with Crippen molar-refractivity contribution in [1.82, 2.24) is 9.80 Å². The molecule has 0 N–H and O–H groups in total. The molecule has 1 aromatic rings. The second-order valence-corrected chi connectivity index (χ2v) is 7.95. The van der Waals surface area contributed by atoms with Crippen LogP contribution in [0.5, 0.6) is 0 Å².